The Bertz CT molecular complexity index is 1230. The summed E-state index contributed by atoms with van der Waals surface area (Å²) in [6.45, 7) is 5.83. The van der Waals surface area contributed by atoms with Crippen molar-refractivity contribution >= 4 is 29.0 Å². The molecule has 3 rings (SSSR count). The predicted molar refractivity (Wildman–Crippen MR) is 155 cm³/mol. The van der Waals surface area contributed by atoms with Gasteiger partial charge in [-0.15, -0.1) is 0 Å². The van der Waals surface area contributed by atoms with Crippen LogP contribution in [0.5, 0.6) is 0 Å². The number of nitrogens with two attached hydrogens (primary N) is 1. The number of nitro groups is 1. The first-order valence-corrected chi connectivity index (χ1v) is 13.7. The Labute approximate surface area is 230 Å². The lowest BCUT2D eigenvalue weighted by Crippen LogP contribution is -2.40. The first-order chi connectivity index (χ1) is 18.7. The van der Waals surface area contributed by atoms with Crippen molar-refractivity contribution in [3.05, 3.63) is 70.2 Å². The molecule has 39 heavy (non-hydrogen) atoms. The Morgan fingerprint density at radius 3 is 2.62 bits per heavy atom. The molecule has 0 bridgehead atoms. The molecule has 1 fully saturated rings. The van der Waals surface area contributed by atoms with Crippen molar-refractivity contribution in [2.24, 2.45) is 0 Å². The fraction of sp³-hybridized carbons (Fsp3) is 0.448. The largest absolute Gasteiger partial charge is 0.397 e. The standard InChI is InChI=1S/C29H40N6O4/c1-4-6-8-12-23(11-5-2)32-29(37)31-19-22-15-16-33(20-22)27-18-26(25(30)17-28(27)35(38)39)34(21(3)36)24-13-9-7-10-14-24/h8,11-12,15-18,20,24H,4-7,9-10,13-14,19,30H2,1-3H3,(H2,31,32,37)/b12-8-,23-11+. The molecular formula is C29H40N6O4. The second kappa shape index (κ2) is 14.2. The fourth-order valence-corrected chi connectivity index (χ4v) is 4.92. The molecule has 10 heteroatoms. The van der Waals surface area contributed by atoms with E-state index in [2.05, 4.69) is 17.6 Å². The van der Waals surface area contributed by atoms with E-state index >= 15 is 0 Å². The second-order valence-electron chi connectivity index (χ2n) is 9.83. The molecule has 0 spiro atoms. The van der Waals surface area contributed by atoms with Crippen LogP contribution in [0.1, 0.15) is 77.7 Å². The lowest BCUT2D eigenvalue weighted by molar-refractivity contribution is -0.384. The topological polar surface area (TPSA) is 136 Å². The minimum Gasteiger partial charge on any atom is -0.397 e. The van der Waals surface area contributed by atoms with Crippen LogP contribution in [0, 0.1) is 10.1 Å². The Morgan fingerprint density at radius 2 is 1.97 bits per heavy atom. The average molecular weight is 537 g/mol. The van der Waals surface area contributed by atoms with Crippen LogP contribution in [0.3, 0.4) is 0 Å². The van der Waals surface area contributed by atoms with Crippen LogP contribution in [0.25, 0.3) is 5.69 Å². The van der Waals surface area contributed by atoms with Crippen LogP contribution < -0.4 is 21.3 Å². The SMILES string of the molecule is CC/C=C(\C=C/CCC)NC(=O)NCc1ccn(-c2cc(N(C(C)=O)C3CCCCC3)c(N)cc2[N+](=O)[O-])c1. The zero-order valence-electron chi connectivity index (χ0n) is 23.1. The molecule has 4 N–H and O–H groups in total. The summed E-state index contributed by atoms with van der Waals surface area (Å²) >= 11 is 0. The molecular weight excluding hydrogens is 496 g/mol. The van der Waals surface area contributed by atoms with Crippen molar-refractivity contribution in [3.63, 3.8) is 0 Å². The van der Waals surface area contributed by atoms with Crippen molar-refractivity contribution < 1.29 is 14.5 Å². The van der Waals surface area contributed by atoms with Gasteiger partial charge in [-0.1, -0.05) is 51.7 Å². The highest BCUT2D eigenvalue weighted by Crippen LogP contribution is 2.37. The molecule has 1 heterocycles. The second-order valence-corrected chi connectivity index (χ2v) is 9.83. The number of nitrogens with one attached hydrogen (secondary N) is 2. The number of nitrogen functional groups attached to an aromatic ring is 1. The van der Waals surface area contributed by atoms with Gasteiger partial charge in [-0.3, -0.25) is 14.9 Å². The van der Waals surface area contributed by atoms with E-state index in [-0.39, 0.29) is 35.9 Å². The number of urea groups is 1. The molecule has 0 atom stereocenters. The van der Waals surface area contributed by atoms with Gasteiger partial charge in [0, 0.05) is 43.7 Å². The summed E-state index contributed by atoms with van der Waals surface area (Å²) in [5.74, 6) is -0.141. The van der Waals surface area contributed by atoms with Gasteiger partial charge < -0.3 is 25.8 Å². The Kier molecular flexibility index (Phi) is 10.7. The van der Waals surface area contributed by atoms with Gasteiger partial charge in [-0.2, -0.15) is 0 Å². The number of benzene rings is 1. The highest BCUT2D eigenvalue weighted by molar-refractivity contribution is 5.96. The zero-order chi connectivity index (χ0) is 28.4. The van der Waals surface area contributed by atoms with Gasteiger partial charge in [0.05, 0.1) is 16.3 Å². The molecule has 210 valence electrons. The summed E-state index contributed by atoms with van der Waals surface area (Å²) in [6.07, 6.45) is 17.0. The van der Waals surface area contributed by atoms with Crippen molar-refractivity contribution in [2.75, 3.05) is 10.6 Å². The summed E-state index contributed by atoms with van der Waals surface area (Å²) < 4.78 is 1.63. The third-order valence-corrected chi connectivity index (χ3v) is 6.78. The number of anilines is 2. The van der Waals surface area contributed by atoms with Gasteiger partial charge in [-0.25, -0.2) is 4.79 Å². The number of carbonyl (C=O) groups is 2. The molecule has 1 aromatic heterocycles. The summed E-state index contributed by atoms with van der Waals surface area (Å²) in [4.78, 5) is 38.3. The summed E-state index contributed by atoms with van der Waals surface area (Å²) in [6, 6.07) is 4.40. The van der Waals surface area contributed by atoms with E-state index in [9.17, 15) is 19.7 Å². The van der Waals surface area contributed by atoms with Crippen molar-refractivity contribution in [2.45, 2.75) is 84.7 Å². The Hall–Kier alpha value is -4.08. The number of amides is 3. The minimum atomic E-state index is -0.479. The van der Waals surface area contributed by atoms with Crippen molar-refractivity contribution in [3.8, 4) is 5.69 Å². The third-order valence-electron chi connectivity index (χ3n) is 6.78. The first kappa shape index (κ1) is 29.5. The molecule has 1 aliphatic carbocycles. The number of hydrogen-bond donors (Lipinski definition) is 3. The molecule has 0 radical (unpaired) electrons. The Balaban J connectivity index is 1.82. The first-order valence-electron chi connectivity index (χ1n) is 13.7. The van der Waals surface area contributed by atoms with Gasteiger partial charge in [0.2, 0.25) is 5.91 Å². The van der Waals surface area contributed by atoms with Gasteiger partial charge in [0.15, 0.2) is 0 Å². The van der Waals surface area contributed by atoms with E-state index in [0.29, 0.717) is 11.4 Å². The molecule has 1 aromatic carbocycles. The molecule has 0 aliphatic heterocycles. The lowest BCUT2D eigenvalue weighted by atomic mass is 9.93. The van der Waals surface area contributed by atoms with Gasteiger partial charge >= 0.3 is 6.03 Å². The summed E-state index contributed by atoms with van der Waals surface area (Å²) in [7, 11) is 0. The van der Waals surface area contributed by atoms with Crippen molar-refractivity contribution in [1.29, 1.82) is 0 Å². The zero-order valence-corrected chi connectivity index (χ0v) is 23.1. The predicted octanol–water partition coefficient (Wildman–Crippen LogP) is 6.10. The van der Waals surface area contributed by atoms with Crippen LogP contribution >= 0.6 is 0 Å². The number of aromatic nitrogens is 1. The van der Waals surface area contributed by atoms with E-state index in [1.807, 2.05) is 25.2 Å². The molecule has 10 nitrogen and oxygen atoms in total. The number of hydrogen-bond acceptors (Lipinski definition) is 5. The van der Waals surface area contributed by atoms with Crippen LogP contribution in [0.4, 0.5) is 21.9 Å². The molecule has 1 aliphatic rings. The summed E-state index contributed by atoms with van der Waals surface area (Å²) in [5, 5.41) is 17.6. The molecule has 0 unspecified atom stereocenters. The smallest absolute Gasteiger partial charge is 0.319 e. The maximum absolute atomic E-state index is 12.7. The van der Waals surface area contributed by atoms with Crippen molar-refractivity contribution in [1.82, 2.24) is 15.2 Å². The van der Waals surface area contributed by atoms with E-state index in [1.54, 1.807) is 34.0 Å². The van der Waals surface area contributed by atoms with Crippen LogP contribution in [-0.2, 0) is 11.3 Å². The van der Waals surface area contributed by atoms with E-state index in [0.717, 1.165) is 62.6 Å². The molecule has 3 amide bonds. The maximum Gasteiger partial charge on any atom is 0.319 e. The van der Waals surface area contributed by atoms with Gasteiger partial charge in [0.1, 0.15) is 5.69 Å². The summed E-state index contributed by atoms with van der Waals surface area (Å²) in [5.41, 5.74) is 8.58. The monoisotopic (exact) mass is 536 g/mol. The van der Waals surface area contributed by atoms with Gasteiger partial charge in [-0.05, 0) is 49.5 Å². The number of nitrogens with zero attached hydrogens (tertiary/aromatic N) is 3. The maximum atomic E-state index is 12.7. The van der Waals surface area contributed by atoms with Crippen LogP contribution in [-0.4, -0.2) is 27.5 Å². The highest BCUT2D eigenvalue weighted by Gasteiger charge is 2.29. The molecule has 0 saturated heterocycles. The fourth-order valence-electron chi connectivity index (χ4n) is 4.92. The van der Waals surface area contributed by atoms with E-state index in [4.69, 9.17) is 5.73 Å². The van der Waals surface area contributed by atoms with Crippen LogP contribution in [0.15, 0.2) is 54.5 Å². The Morgan fingerprint density at radius 1 is 1.23 bits per heavy atom. The normalized spacial score (nSPS) is 14.4. The number of nitro benzene ring substituents is 1. The third kappa shape index (κ3) is 7.95. The van der Waals surface area contributed by atoms with E-state index in [1.165, 1.54) is 13.0 Å². The minimum absolute atomic E-state index is 0.0132. The average Bonchev–Trinajstić information content (AvgIpc) is 3.38. The highest BCUT2D eigenvalue weighted by atomic mass is 16.6. The number of allylic oxidation sites excluding steroid dienone is 3. The quantitative estimate of drug-likeness (QED) is 0.138. The molecule has 1 saturated carbocycles. The van der Waals surface area contributed by atoms with Gasteiger partial charge in [0.25, 0.3) is 5.69 Å². The number of carbonyl (C=O) groups excluding carboxylic acids is 2. The number of rotatable bonds is 11. The van der Waals surface area contributed by atoms with E-state index < -0.39 is 4.92 Å². The lowest BCUT2D eigenvalue weighted by Gasteiger charge is -2.34. The van der Waals surface area contributed by atoms with Crippen LogP contribution in [0.2, 0.25) is 0 Å². The number of unbranched alkanes of at least 4 members (excludes halogenated alkanes) is 1. The molecule has 2 aromatic rings.